The van der Waals surface area contributed by atoms with Crippen LogP contribution >= 0.6 is 11.3 Å². The minimum absolute atomic E-state index is 0.180. The van der Waals surface area contributed by atoms with Gasteiger partial charge in [0.2, 0.25) is 0 Å². The van der Waals surface area contributed by atoms with E-state index in [1.54, 1.807) is 42.8 Å². The summed E-state index contributed by atoms with van der Waals surface area (Å²) in [7, 11) is -0.730. The Bertz CT molecular complexity index is 1110. The first kappa shape index (κ1) is 20.9. The van der Waals surface area contributed by atoms with Gasteiger partial charge in [-0.1, -0.05) is 29.8 Å². The molecule has 8 heteroatoms. The van der Waals surface area contributed by atoms with E-state index in [1.165, 1.54) is 18.4 Å². The molecule has 0 saturated heterocycles. The van der Waals surface area contributed by atoms with Crippen LogP contribution in [0.1, 0.15) is 20.8 Å². The lowest BCUT2D eigenvalue weighted by Crippen LogP contribution is -2.29. The molecule has 0 aliphatic rings. The van der Waals surface area contributed by atoms with Crippen molar-refractivity contribution in [3.8, 4) is 5.75 Å². The van der Waals surface area contributed by atoms with Gasteiger partial charge in [0.25, 0.3) is 15.9 Å². The number of hydrogen-bond acceptors (Lipinski definition) is 5. The zero-order chi connectivity index (χ0) is 21.0. The van der Waals surface area contributed by atoms with Crippen LogP contribution in [0.3, 0.4) is 0 Å². The van der Waals surface area contributed by atoms with Gasteiger partial charge in [0.05, 0.1) is 17.7 Å². The highest BCUT2D eigenvalue weighted by molar-refractivity contribution is 7.92. The number of carbonyl (C=O) groups excluding carboxylic acids is 1. The van der Waals surface area contributed by atoms with Crippen molar-refractivity contribution < 1.29 is 17.9 Å². The molecule has 1 N–H and O–H groups in total. The van der Waals surface area contributed by atoms with Crippen LogP contribution < -0.4 is 14.4 Å². The Labute approximate surface area is 174 Å². The highest BCUT2D eigenvalue weighted by atomic mass is 32.2. The number of nitrogens with one attached hydrogen (secondary N) is 1. The molecule has 152 valence electrons. The molecule has 0 saturated carbocycles. The molecule has 3 rings (SSSR count). The molecule has 1 amide bonds. The molecule has 0 aliphatic heterocycles. The first-order valence-corrected chi connectivity index (χ1v) is 11.2. The largest absolute Gasteiger partial charge is 0.497 e. The van der Waals surface area contributed by atoms with Gasteiger partial charge in [-0.15, -0.1) is 11.3 Å². The van der Waals surface area contributed by atoms with Crippen LogP contribution in [-0.4, -0.2) is 28.5 Å². The third-order valence-electron chi connectivity index (χ3n) is 4.46. The molecule has 6 nitrogen and oxygen atoms in total. The number of nitrogens with zero attached hydrogens (tertiary/aromatic N) is 1. The van der Waals surface area contributed by atoms with Crippen molar-refractivity contribution in [2.45, 2.75) is 18.4 Å². The summed E-state index contributed by atoms with van der Waals surface area (Å²) in [5.41, 5.74) is 2.20. The maximum Gasteiger partial charge on any atom is 0.264 e. The lowest BCUT2D eigenvalue weighted by molar-refractivity contribution is 0.0955. The number of ether oxygens (including phenoxy) is 1. The van der Waals surface area contributed by atoms with E-state index in [4.69, 9.17) is 4.74 Å². The Morgan fingerprint density at radius 1 is 1.14 bits per heavy atom. The number of anilines is 1. The number of methoxy groups -OCH3 is 1. The van der Waals surface area contributed by atoms with Crippen molar-refractivity contribution in [1.29, 1.82) is 0 Å². The van der Waals surface area contributed by atoms with Crippen LogP contribution in [0.15, 0.2) is 64.9 Å². The number of benzene rings is 2. The predicted octanol–water partition coefficient (Wildman–Crippen LogP) is 3.82. The summed E-state index contributed by atoms with van der Waals surface area (Å²) < 4.78 is 32.2. The molecule has 0 unspecified atom stereocenters. The van der Waals surface area contributed by atoms with Gasteiger partial charge in [0, 0.05) is 13.6 Å². The van der Waals surface area contributed by atoms with E-state index in [0.717, 1.165) is 15.4 Å². The van der Waals surface area contributed by atoms with E-state index in [1.807, 2.05) is 31.2 Å². The predicted molar refractivity (Wildman–Crippen MR) is 115 cm³/mol. The zero-order valence-corrected chi connectivity index (χ0v) is 18.0. The van der Waals surface area contributed by atoms with Crippen molar-refractivity contribution in [2.24, 2.45) is 0 Å². The van der Waals surface area contributed by atoms with Crippen LogP contribution in [0.2, 0.25) is 0 Å². The SMILES string of the molecule is COc1cccc(CNC(=O)c2sccc2N(C)S(=O)(=O)c2ccc(C)cc2)c1. The molecule has 1 aromatic heterocycles. The maximum absolute atomic E-state index is 13.0. The van der Waals surface area contributed by atoms with Gasteiger partial charge in [0.15, 0.2) is 0 Å². The second-order valence-electron chi connectivity index (χ2n) is 6.45. The Balaban J connectivity index is 1.78. The lowest BCUT2D eigenvalue weighted by Gasteiger charge is -2.20. The van der Waals surface area contributed by atoms with Gasteiger partial charge in [-0.05, 0) is 48.2 Å². The van der Waals surface area contributed by atoms with Gasteiger partial charge in [-0.25, -0.2) is 8.42 Å². The standard InChI is InChI=1S/C21H22N2O4S2/c1-15-7-9-18(10-8-15)29(25,26)23(2)19-11-12-28-20(19)21(24)22-14-16-5-4-6-17(13-16)27-3/h4-13H,14H2,1-3H3,(H,22,24). The molecular formula is C21H22N2O4S2. The third-order valence-corrected chi connectivity index (χ3v) is 7.14. The maximum atomic E-state index is 13.0. The van der Waals surface area contributed by atoms with Gasteiger partial charge in [-0.3, -0.25) is 9.10 Å². The van der Waals surface area contributed by atoms with E-state index >= 15 is 0 Å². The summed E-state index contributed by atoms with van der Waals surface area (Å²) in [6.45, 7) is 2.20. The second kappa shape index (κ2) is 8.67. The van der Waals surface area contributed by atoms with Gasteiger partial charge >= 0.3 is 0 Å². The van der Waals surface area contributed by atoms with Crippen molar-refractivity contribution in [2.75, 3.05) is 18.5 Å². The van der Waals surface area contributed by atoms with E-state index < -0.39 is 10.0 Å². The fourth-order valence-corrected chi connectivity index (χ4v) is 4.87. The van der Waals surface area contributed by atoms with Crippen molar-refractivity contribution >= 4 is 33.0 Å². The van der Waals surface area contributed by atoms with Crippen molar-refractivity contribution in [1.82, 2.24) is 5.32 Å². The monoisotopic (exact) mass is 430 g/mol. The van der Waals surface area contributed by atoms with Crippen LogP contribution in [0.4, 0.5) is 5.69 Å². The van der Waals surface area contributed by atoms with Crippen LogP contribution in [0.5, 0.6) is 5.75 Å². The Kier molecular flexibility index (Phi) is 6.24. The minimum Gasteiger partial charge on any atom is -0.497 e. The van der Waals surface area contributed by atoms with E-state index in [9.17, 15) is 13.2 Å². The van der Waals surface area contributed by atoms with Crippen molar-refractivity contribution in [3.05, 3.63) is 76.0 Å². The topological polar surface area (TPSA) is 75.7 Å². The Morgan fingerprint density at radius 2 is 1.86 bits per heavy atom. The molecule has 0 radical (unpaired) electrons. The number of hydrogen-bond donors (Lipinski definition) is 1. The molecule has 0 spiro atoms. The first-order valence-electron chi connectivity index (χ1n) is 8.87. The van der Waals surface area contributed by atoms with Crippen molar-refractivity contribution in [3.63, 3.8) is 0 Å². The molecule has 0 bridgehead atoms. The average molecular weight is 431 g/mol. The molecule has 1 heterocycles. The third kappa shape index (κ3) is 4.60. The number of carbonyl (C=O) groups is 1. The molecule has 0 aliphatic carbocycles. The molecule has 0 fully saturated rings. The molecular weight excluding hydrogens is 408 g/mol. The molecule has 0 atom stereocenters. The van der Waals surface area contributed by atoms with Crippen LogP contribution in [0, 0.1) is 6.92 Å². The summed E-state index contributed by atoms with van der Waals surface area (Å²) in [6, 6.07) is 15.7. The minimum atomic E-state index is -3.77. The fraction of sp³-hybridized carbons (Fsp3) is 0.190. The highest BCUT2D eigenvalue weighted by Gasteiger charge is 2.26. The molecule has 3 aromatic rings. The second-order valence-corrected chi connectivity index (χ2v) is 9.34. The van der Waals surface area contributed by atoms with Gasteiger partial charge in [0.1, 0.15) is 10.6 Å². The summed E-state index contributed by atoms with van der Waals surface area (Å²) in [5.74, 6) is 0.376. The van der Waals surface area contributed by atoms with E-state index in [0.29, 0.717) is 22.9 Å². The zero-order valence-electron chi connectivity index (χ0n) is 16.4. The smallest absolute Gasteiger partial charge is 0.264 e. The summed E-state index contributed by atoms with van der Waals surface area (Å²) in [6.07, 6.45) is 0. The number of rotatable bonds is 7. The first-order chi connectivity index (χ1) is 13.8. The fourth-order valence-electron chi connectivity index (χ4n) is 2.76. The number of aryl methyl sites for hydroxylation is 1. The van der Waals surface area contributed by atoms with E-state index in [-0.39, 0.29) is 10.8 Å². The molecule has 29 heavy (non-hydrogen) atoms. The van der Waals surface area contributed by atoms with Gasteiger partial charge < -0.3 is 10.1 Å². The Hall–Kier alpha value is -2.84. The molecule has 2 aromatic carbocycles. The van der Waals surface area contributed by atoms with E-state index in [2.05, 4.69) is 5.32 Å². The average Bonchev–Trinajstić information content (AvgIpc) is 3.21. The summed E-state index contributed by atoms with van der Waals surface area (Å²) in [4.78, 5) is 13.2. The normalized spacial score (nSPS) is 11.1. The highest BCUT2D eigenvalue weighted by Crippen LogP contribution is 2.30. The summed E-state index contributed by atoms with van der Waals surface area (Å²) >= 11 is 1.20. The Morgan fingerprint density at radius 3 is 2.55 bits per heavy atom. The lowest BCUT2D eigenvalue weighted by atomic mass is 10.2. The van der Waals surface area contributed by atoms with Crippen LogP contribution in [-0.2, 0) is 16.6 Å². The number of thiophene rings is 1. The summed E-state index contributed by atoms with van der Waals surface area (Å²) in [5, 5.41) is 4.55. The van der Waals surface area contributed by atoms with Gasteiger partial charge in [-0.2, -0.15) is 0 Å². The quantitative estimate of drug-likeness (QED) is 0.618. The van der Waals surface area contributed by atoms with Crippen LogP contribution in [0.25, 0.3) is 0 Å². The number of sulfonamides is 1. The number of amides is 1.